The summed E-state index contributed by atoms with van der Waals surface area (Å²) in [4.78, 5) is 6.72. The average molecular weight is 250 g/mol. The summed E-state index contributed by atoms with van der Waals surface area (Å²) in [6, 6.07) is 4.47. The minimum Gasteiger partial charge on any atom is -0.396 e. The van der Waals surface area contributed by atoms with E-state index in [1.165, 1.54) is 19.3 Å². The van der Waals surface area contributed by atoms with E-state index in [0.29, 0.717) is 6.04 Å². The maximum atomic E-state index is 9.47. The molecule has 0 radical (unpaired) electrons. The van der Waals surface area contributed by atoms with Crippen molar-refractivity contribution in [3.8, 4) is 0 Å². The molecule has 100 valence electrons. The second-order valence-corrected chi connectivity index (χ2v) is 4.98. The van der Waals surface area contributed by atoms with Crippen LogP contribution in [-0.2, 0) is 0 Å². The molecule has 0 amide bonds. The van der Waals surface area contributed by atoms with Gasteiger partial charge in [0.2, 0.25) is 0 Å². The minimum atomic E-state index is -0.471. The predicted molar refractivity (Wildman–Crippen MR) is 71.6 cm³/mol. The Morgan fingerprint density at radius 3 is 2.67 bits per heavy atom. The zero-order chi connectivity index (χ0) is 13.0. The van der Waals surface area contributed by atoms with Crippen molar-refractivity contribution in [1.29, 1.82) is 0 Å². The van der Waals surface area contributed by atoms with Crippen molar-refractivity contribution < 1.29 is 10.2 Å². The van der Waals surface area contributed by atoms with Gasteiger partial charge in [-0.05, 0) is 44.2 Å². The van der Waals surface area contributed by atoms with E-state index in [-0.39, 0.29) is 6.61 Å². The Bertz CT molecular complexity index is 361. The first-order valence-corrected chi connectivity index (χ1v) is 6.74. The Morgan fingerprint density at radius 2 is 2.22 bits per heavy atom. The molecule has 1 atom stereocenters. The fourth-order valence-corrected chi connectivity index (χ4v) is 2.24. The lowest BCUT2D eigenvalue weighted by Crippen LogP contribution is -2.41. The lowest BCUT2D eigenvalue weighted by Gasteiger charge is -2.38. The van der Waals surface area contributed by atoms with Crippen molar-refractivity contribution in [1.82, 2.24) is 4.98 Å². The third-order valence-corrected chi connectivity index (χ3v) is 3.62. The maximum absolute atomic E-state index is 9.47. The largest absolute Gasteiger partial charge is 0.396 e. The molecule has 0 bridgehead atoms. The first-order chi connectivity index (χ1) is 8.72. The molecule has 1 aliphatic rings. The minimum absolute atomic E-state index is 0.217. The molecule has 2 rings (SSSR count). The van der Waals surface area contributed by atoms with Crippen LogP contribution >= 0.6 is 0 Å². The maximum Gasteiger partial charge on any atom is 0.128 e. The van der Waals surface area contributed by atoms with Gasteiger partial charge in [-0.15, -0.1) is 0 Å². The predicted octanol–water partition coefficient (Wildman–Crippen LogP) is 1.88. The number of nitrogens with zero attached hydrogens (tertiary/aromatic N) is 2. The summed E-state index contributed by atoms with van der Waals surface area (Å²) in [5, 5.41) is 18.4. The molecule has 1 heterocycles. The molecule has 0 aromatic carbocycles. The SMILES string of the molecule is C[C@@H](O)c1ccc(N(CCCO)C2CCC2)nc1. The summed E-state index contributed by atoms with van der Waals surface area (Å²) in [7, 11) is 0. The quantitative estimate of drug-likeness (QED) is 0.809. The molecule has 0 aliphatic heterocycles. The normalized spacial score (nSPS) is 17.3. The standard InChI is InChI=1S/C14H22N2O2/c1-11(18)12-6-7-14(15-10-12)16(8-3-9-17)13-4-2-5-13/h6-7,10-11,13,17-18H,2-5,8-9H2,1H3/t11-/m1/s1. The zero-order valence-corrected chi connectivity index (χ0v) is 10.9. The van der Waals surface area contributed by atoms with Gasteiger partial charge in [-0.2, -0.15) is 0 Å². The highest BCUT2D eigenvalue weighted by Crippen LogP contribution is 2.29. The number of anilines is 1. The lowest BCUT2D eigenvalue weighted by atomic mass is 9.91. The summed E-state index contributed by atoms with van der Waals surface area (Å²) >= 11 is 0. The number of hydrogen-bond acceptors (Lipinski definition) is 4. The number of hydrogen-bond donors (Lipinski definition) is 2. The summed E-state index contributed by atoms with van der Waals surface area (Å²) in [6.45, 7) is 2.81. The molecule has 2 N–H and O–H groups in total. The van der Waals surface area contributed by atoms with Crippen molar-refractivity contribution in [2.75, 3.05) is 18.1 Å². The van der Waals surface area contributed by atoms with Crippen molar-refractivity contribution in [3.05, 3.63) is 23.9 Å². The van der Waals surface area contributed by atoms with E-state index in [2.05, 4.69) is 9.88 Å². The molecule has 1 aromatic heterocycles. The number of aromatic nitrogens is 1. The first kappa shape index (κ1) is 13.3. The van der Waals surface area contributed by atoms with E-state index >= 15 is 0 Å². The number of aliphatic hydroxyl groups is 2. The summed E-state index contributed by atoms with van der Waals surface area (Å²) in [5.74, 6) is 0.956. The highest BCUT2D eigenvalue weighted by Gasteiger charge is 2.25. The topological polar surface area (TPSA) is 56.6 Å². The fraction of sp³-hybridized carbons (Fsp3) is 0.643. The van der Waals surface area contributed by atoms with Gasteiger partial charge in [0.1, 0.15) is 5.82 Å². The van der Waals surface area contributed by atoms with Crippen LogP contribution in [0.4, 0.5) is 5.82 Å². The highest BCUT2D eigenvalue weighted by atomic mass is 16.3. The van der Waals surface area contributed by atoms with Crippen LogP contribution in [0.25, 0.3) is 0 Å². The van der Waals surface area contributed by atoms with E-state index in [1.54, 1.807) is 13.1 Å². The number of rotatable bonds is 6. The summed E-state index contributed by atoms with van der Waals surface area (Å²) in [5.41, 5.74) is 0.842. The molecule has 1 aromatic rings. The average Bonchev–Trinajstić information content (AvgIpc) is 2.32. The highest BCUT2D eigenvalue weighted by molar-refractivity contribution is 5.41. The Hall–Kier alpha value is -1.13. The third kappa shape index (κ3) is 3.00. The molecule has 0 saturated heterocycles. The Morgan fingerprint density at radius 1 is 1.44 bits per heavy atom. The van der Waals surface area contributed by atoms with Gasteiger partial charge in [-0.25, -0.2) is 4.98 Å². The smallest absolute Gasteiger partial charge is 0.128 e. The van der Waals surface area contributed by atoms with Gasteiger partial charge in [0.05, 0.1) is 6.10 Å². The van der Waals surface area contributed by atoms with Crippen molar-refractivity contribution in [2.24, 2.45) is 0 Å². The molecule has 0 unspecified atom stereocenters. The molecule has 0 spiro atoms. The van der Waals surface area contributed by atoms with Crippen LogP contribution in [0.1, 0.15) is 44.3 Å². The van der Waals surface area contributed by atoms with Crippen LogP contribution in [0.3, 0.4) is 0 Å². The van der Waals surface area contributed by atoms with Crippen LogP contribution in [0.2, 0.25) is 0 Å². The van der Waals surface area contributed by atoms with Crippen LogP contribution in [0.15, 0.2) is 18.3 Å². The zero-order valence-electron chi connectivity index (χ0n) is 10.9. The lowest BCUT2D eigenvalue weighted by molar-refractivity contribution is 0.199. The molecule has 1 aliphatic carbocycles. The first-order valence-electron chi connectivity index (χ1n) is 6.74. The Balaban J connectivity index is 2.08. The molecule has 1 saturated carbocycles. The third-order valence-electron chi connectivity index (χ3n) is 3.62. The molecule has 4 nitrogen and oxygen atoms in total. The van der Waals surface area contributed by atoms with Gasteiger partial charge in [-0.3, -0.25) is 0 Å². The summed E-state index contributed by atoms with van der Waals surface area (Å²) in [6.07, 6.45) is 5.75. The van der Waals surface area contributed by atoms with Crippen LogP contribution in [0.5, 0.6) is 0 Å². The molecular formula is C14H22N2O2. The second-order valence-electron chi connectivity index (χ2n) is 4.98. The Labute approximate surface area is 108 Å². The molecule has 1 fully saturated rings. The Kier molecular flexibility index (Phi) is 4.55. The molecule has 4 heteroatoms. The molecular weight excluding hydrogens is 228 g/mol. The van der Waals surface area contributed by atoms with Gasteiger partial charge in [0.15, 0.2) is 0 Å². The second kappa shape index (κ2) is 6.16. The van der Waals surface area contributed by atoms with Crippen LogP contribution in [0, 0.1) is 0 Å². The van der Waals surface area contributed by atoms with Gasteiger partial charge in [0, 0.05) is 25.4 Å². The number of pyridine rings is 1. The number of aliphatic hydroxyl groups excluding tert-OH is 2. The fourth-order valence-electron chi connectivity index (χ4n) is 2.24. The van der Waals surface area contributed by atoms with Gasteiger partial charge in [0.25, 0.3) is 0 Å². The van der Waals surface area contributed by atoms with E-state index < -0.39 is 6.10 Å². The van der Waals surface area contributed by atoms with E-state index in [1.807, 2.05) is 12.1 Å². The van der Waals surface area contributed by atoms with Gasteiger partial charge in [-0.1, -0.05) is 6.07 Å². The van der Waals surface area contributed by atoms with Gasteiger partial charge >= 0.3 is 0 Å². The molecule has 18 heavy (non-hydrogen) atoms. The van der Waals surface area contributed by atoms with Crippen LogP contribution in [-0.4, -0.2) is 34.4 Å². The monoisotopic (exact) mass is 250 g/mol. The summed E-state index contributed by atoms with van der Waals surface area (Å²) < 4.78 is 0. The van der Waals surface area contributed by atoms with Crippen LogP contribution < -0.4 is 4.90 Å². The van der Waals surface area contributed by atoms with E-state index in [0.717, 1.165) is 24.3 Å². The van der Waals surface area contributed by atoms with E-state index in [9.17, 15) is 5.11 Å². The van der Waals surface area contributed by atoms with Crippen molar-refractivity contribution >= 4 is 5.82 Å². The van der Waals surface area contributed by atoms with Crippen molar-refractivity contribution in [3.63, 3.8) is 0 Å². The van der Waals surface area contributed by atoms with Gasteiger partial charge < -0.3 is 15.1 Å². The van der Waals surface area contributed by atoms with E-state index in [4.69, 9.17) is 5.11 Å². The van der Waals surface area contributed by atoms with Crippen molar-refractivity contribution in [2.45, 2.75) is 44.8 Å².